The molecule has 2 fully saturated rings. The SMILES string of the molecule is NOC1CCCN(C(=O)NC2CC2)C1. The molecule has 5 heteroatoms. The van der Waals surface area contributed by atoms with E-state index in [1.165, 1.54) is 0 Å². The summed E-state index contributed by atoms with van der Waals surface area (Å²) in [5.74, 6) is 5.12. The van der Waals surface area contributed by atoms with E-state index in [9.17, 15) is 4.79 Å². The first-order valence-corrected chi connectivity index (χ1v) is 5.20. The zero-order chi connectivity index (χ0) is 9.97. The van der Waals surface area contributed by atoms with Crippen LogP contribution < -0.4 is 11.2 Å². The number of urea groups is 1. The predicted octanol–water partition coefficient (Wildman–Crippen LogP) is 0.213. The summed E-state index contributed by atoms with van der Waals surface area (Å²) in [5.41, 5.74) is 0. The molecular weight excluding hydrogens is 182 g/mol. The van der Waals surface area contributed by atoms with Crippen LogP contribution in [0.1, 0.15) is 25.7 Å². The van der Waals surface area contributed by atoms with Gasteiger partial charge in [-0.15, -0.1) is 0 Å². The summed E-state index contributed by atoms with van der Waals surface area (Å²) in [6, 6.07) is 0.455. The van der Waals surface area contributed by atoms with Gasteiger partial charge in [0, 0.05) is 12.6 Å². The average molecular weight is 199 g/mol. The second-order valence-electron chi connectivity index (χ2n) is 4.07. The summed E-state index contributed by atoms with van der Waals surface area (Å²) < 4.78 is 0. The third-order valence-corrected chi connectivity index (χ3v) is 2.76. The van der Waals surface area contributed by atoms with Gasteiger partial charge in [-0.1, -0.05) is 0 Å². The molecule has 5 nitrogen and oxygen atoms in total. The van der Waals surface area contributed by atoms with Gasteiger partial charge in [-0.2, -0.15) is 0 Å². The molecule has 1 unspecified atom stereocenters. The van der Waals surface area contributed by atoms with Crippen molar-refractivity contribution in [3.8, 4) is 0 Å². The maximum atomic E-state index is 11.6. The summed E-state index contributed by atoms with van der Waals surface area (Å²) in [5, 5.41) is 2.96. The highest BCUT2D eigenvalue weighted by Gasteiger charge is 2.28. The molecule has 0 aromatic heterocycles. The van der Waals surface area contributed by atoms with Crippen LogP contribution >= 0.6 is 0 Å². The first kappa shape index (κ1) is 9.73. The van der Waals surface area contributed by atoms with Gasteiger partial charge in [0.05, 0.1) is 12.6 Å². The van der Waals surface area contributed by atoms with Crippen molar-refractivity contribution in [2.24, 2.45) is 5.90 Å². The van der Waals surface area contributed by atoms with E-state index in [-0.39, 0.29) is 12.1 Å². The fraction of sp³-hybridized carbons (Fsp3) is 0.889. The summed E-state index contributed by atoms with van der Waals surface area (Å²) in [6.45, 7) is 1.44. The molecule has 0 bridgehead atoms. The van der Waals surface area contributed by atoms with E-state index >= 15 is 0 Å². The Bertz CT molecular complexity index is 218. The molecule has 0 aromatic rings. The van der Waals surface area contributed by atoms with Gasteiger partial charge >= 0.3 is 6.03 Å². The van der Waals surface area contributed by atoms with E-state index in [1.807, 2.05) is 0 Å². The number of hydrogen-bond donors (Lipinski definition) is 2. The lowest BCUT2D eigenvalue weighted by atomic mass is 10.1. The van der Waals surface area contributed by atoms with Crippen LogP contribution in [0.5, 0.6) is 0 Å². The van der Waals surface area contributed by atoms with Crippen molar-refractivity contribution in [1.82, 2.24) is 10.2 Å². The van der Waals surface area contributed by atoms with E-state index in [2.05, 4.69) is 5.32 Å². The molecule has 1 saturated carbocycles. The lowest BCUT2D eigenvalue weighted by Crippen LogP contribution is -2.48. The minimum absolute atomic E-state index is 0.00806. The molecule has 1 aliphatic heterocycles. The molecule has 2 rings (SSSR count). The van der Waals surface area contributed by atoms with Crippen LogP contribution in [0.25, 0.3) is 0 Å². The normalized spacial score (nSPS) is 27.5. The summed E-state index contributed by atoms with van der Waals surface area (Å²) in [6.07, 6.45) is 4.17. The van der Waals surface area contributed by atoms with Crippen molar-refractivity contribution in [2.45, 2.75) is 37.8 Å². The molecule has 2 amide bonds. The fourth-order valence-electron chi connectivity index (χ4n) is 1.73. The van der Waals surface area contributed by atoms with Crippen molar-refractivity contribution >= 4 is 6.03 Å². The second kappa shape index (κ2) is 4.14. The second-order valence-corrected chi connectivity index (χ2v) is 4.07. The predicted molar refractivity (Wildman–Crippen MR) is 51.4 cm³/mol. The highest BCUT2D eigenvalue weighted by atomic mass is 16.6. The third-order valence-electron chi connectivity index (χ3n) is 2.76. The Labute approximate surface area is 83.5 Å². The van der Waals surface area contributed by atoms with Crippen molar-refractivity contribution in [2.75, 3.05) is 13.1 Å². The van der Waals surface area contributed by atoms with Crippen molar-refractivity contribution in [3.63, 3.8) is 0 Å². The molecule has 0 radical (unpaired) electrons. The molecule has 2 aliphatic rings. The molecule has 1 atom stereocenters. The number of amides is 2. The minimum Gasteiger partial charge on any atom is -0.335 e. The Balaban J connectivity index is 1.79. The number of piperidine rings is 1. The number of carbonyl (C=O) groups is 1. The van der Waals surface area contributed by atoms with Gasteiger partial charge in [0.25, 0.3) is 0 Å². The van der Waals surface area contributed by atoms with E-state index in [0.29, 0.717) is 12.6 Å². The highest BCUT2D eigenvalue weighted by Crippen LogP contribution is 2.20. The highest BCUT2D eigenvalue weighted by molar-refractivity contribution is 5.75. The van der Waals surface area contributed by atoms with Crippen LogP contribution in [-0.4, -0.2) is 36.2 Å². The van der Waals surface area contributed by atoms with E-state index < -0.39 is 0 Å². The quantitative estimate of drug-likeness (QED) is 0.625. The molecule has 14 heavy (non-hydrogen) atoms. The topological polar surface area (TPSA) is 67.6 Å². The minimum atomic E-state index is 0.00806. The van der Waals surface area contributed by atoms with Gasteiger partial charge < -0.3 is 10.2 Å². The number of hydrogen-bond acceptors (Lipinski definition) is 3. The lowest BCUT2D eigenvalue weighted by molar-refractivity contribution is 0.00877. The lowest BCUT2D eigenvalue weighted by Gasteiger charge is -2.31. The zero-order valence-corrected chi connectivity index (χ0v) is 8.24. The van der Waals surface area contributed by atoms with Gasteiger partial charge in [0.15, 0.2) is 0 Å². The first-order chi connectivity index (χ1) is 6.79. The smallest absolute Gasteiger partial charge is 0.317 e. The van der Waals surface area contributed by atoms with E-state index in [4.69, 9.17) is 10.7 Å². The van der Waals surface area contributed by atoms with Crippen LogP contribution in [-0.2, 0) is 4.84 Å². The molecule has 3 N–H and O–H groups in total. The number of nitrogens with zero attached hydrogens (tertiary/aromatic N) is 1. The van der Waals surface area contributed by atoms with Crippen molar-refractivity contribution in [3.05, 3.63) is 0 Å². The fourth-order valence-corrected chi connectivity index (χ4v) is 1.73. The summed E-state index contributed by atoms with van der Waals surface area (Å²) in [7, 11) is 0. The Hall–Kier alpha value is -0.810. The van der Waals surface area contributed by atoms with Gasteiger partial charge in [0.1, 0.15) is 0 Å². The van der Waals surface area contributed by atoms with Crippen LogP contribution in [0.3, 0.4) is 0 Å². The zero-order valence-electron chi connectivity index (χ0n) is 8.24. The van der Waals surface area contributed by atoms with Crippen molar-refractivity contribution < 1.29 is 9.63 Å². The average Bonchev–Trinajstić information content (AvgIpc) is 3.02. The summed E-state index contributed by atoms with van der Waals surface area (Å²) in [4.78, 5) is 18.2. The van der Waals surface area contributed by atoms with Gasteiger partial charge in [-0.3, -0.25) is 4.84 Å². The number of carbonyl (C=O) groups excluding carboxylic acids is 1. The van der Waals surface area contributed by atoms with Gasteiger partial charge in [-0.05, 0) is 25.7 Å². The Morgan fingerprint density at radius 3 is 2.86 bits per heavy atom. The largest absolute Gasteiger partial charge is 0.335 e. The van der Waals surface area contributed by atoms with E-state index in [1.54, 1.807) is 4.90 Å². The van der Waals surface area contributed by atoms with Crippen LogP contribution in [0.4, 0.5) is 4.79 Å². The number of likely N-dealkylation sites (tertiary alicyclic amines) is 1. The number of nitrogens with one attached hydrogen (secondary N) is 1. The molecular formula is C9H17N3O2. The monoisotopic (exact) mass is 199 g/mol. The molecule has 1 saturated heterocycles. The van der Waals surface area contributed by atoms with Crippen LogP contribution in [0, 0.1) is 0 Å². The standard InChI is InChI=1S/C9H17N3O2/c10-14-8-2-1-5-12(6-8)9(13)11-7-3-4-7/h7-8H,1-6,10H2,(H,11,13). The molecule has 1 heterocycles. The molecule has 0 spiro atoms. The third kappa shape index (κ3) is 2.36. The van der Waals surface area contributed by atoms with Crippen LogP contribution in [0.2, 0.25) is 0 Å². The van der Waals surface area contributed by atoms with Crippen LogP contribution in [0.15, 0.2) is 0 Å². The van der Waals surface area contributed by atoms with E-state index in [0.717, 1.165) is 32.2 Å². The maximum Gasteiger partial charge on any atom is 0.317 e. The van der Waals surface area contributed by atoms with Gasteiger partial charge in [0.2, 0.25) is 0 Å². The summed E-state index contributed by atoms with van der Waals surface area (Å²) >= 11 is 0. The number of nitrogens with two attached hydrogens (primary N) is 1. The Morgan fingerprint density at radius 1 is 1.43 bits per heavy atom. The Morgan fingerprint density at radius 2 is 2.21 bits per heavy atom. The van der Waals surface area contributed by atoms with Crippen molar-refractivity contribution in [1.29, 1.82) is 0 Å². The Kier molecular flexibility index (Phi) is 2.88. The first-order valence-electron chi connectivity index (χ1n) is 5.20. The molecule has 80 valence electrons. The number of rotatable bonds is 2. The molecule has 1 aliphatic carbocycles. The maximum absolute atomic E-state index is 11.6. The van der Waals surface area contributed by atoms with Gasteiger partial charge in [-0.25, -0.2) is 10.7 Å². The molecule has 0 aromatic carbocycles.